The Kier molecular flexibility index (Phi) is 10.5. The molecule has 0 unspecified atom stereocenters. The summed E-state index contributed by atoms with van der Waals surface area (Å²) in [6.07, 6.45) is -1.82. The molecule has 4 aliphatic rings. The van der Waals surface area contributed by atoms with E-state index in [-0.39, 0.29) is 65.2 Å². The van der Waals surface area contributed by atoms with Gasteiger partial charge < -0.3 is 39.4 Å². The normalized spacial score (nSPS) is 20.4. The Morgan fingerprint density at radius 2 is 1.04 bits per heavy atom. The zero-order valence-corrected chi connectivity index (χ0v) is 28.7. The molecule has 7 rings (SSSR count). The molecule has 0 aliphatic carbocycles. The van der Waals surface area contributed by atoms with Crippen molar-refractivity contribution in [3.63, 3.8) is 0 Å². The van der Waals surface area contributed by atoms with E-state index in [4.69, 9.17) is 18.9 Å². The van der Waals surface area contributed by atoms with E-state index in [1.807, 2.05) is 0 Å². The van der Waals surface area contributed by atoms with Gasteiger partial charge in [0.1, 0.15) is 25.4 Å². The molecule has 4 aliphatic heterocycles. The molecule has 6 amide bonds. The first-order chi connectivity index (χ1) is 25.7. The lowest BCUT2D eigenvalue weighted by Gasteiger charge is -2.27. The molecule has 3 aromatic carbocycles. The van der Waals surface area contributed by atoms with E-state index in [0.29, 0.717) is 49.8 Å². The summed E-state index contributed by atoms with van der Waals surface area (Å²) in [5.41, 5.74) is 2.96. The van der Waals surface area contributed by atoms with Crippen LogP contribution in [0.4, 0.5) is 32.3 Å². The van der Waals surface area contributed by atoms with E-state index < -0.39 is 36.2 Å². The van der Waals surface area contributed by atoms with Crippen LogP contribution in [0.1, 0.15) is 30.0 Å². The third-order valence-electron chi connectivity index (χ3n) is 9.32. The number of cyclic esters (lactones) is 2. The van der Waals surface area contributed by atoms with Crippen molar-refractivity contribution in [2.75, 3.05) is 85.3 Å². The third kappa shape index (κ3) is 7.93. The Morgan fingerprint density at radius 1 is 0.604 bits per heavy atom. The van der Waals surface area contributed by atoms with E-state index in [1.165, 1.54) is 15.9 Å². The van der Waals surface area contributed by atoms with E-state index in [9.17, 15) is 28.8 Å². The molecule has 4 heterocycles. The van der Waals surface area contributed by atoms with Gasteiger partial charge in [-0.05, 0) is 60.7 Å². The molecule has 280 valence electrons. The molecule has 4 fully saturated rings. The van der Waals surface area contributed by atoms with Crippen LogP contribution >= 0.6 is 0 Å². The van der Waals surface area contributed by atoms with Gasteiger partial charge >= 0.3 is 12.2 Å². The second-order valence-corrected chi connectivity index (χ2v) is 12.8. The van der Waals surface area contributed by atoms with Crippen molar-refractivity contribution in [1.82, 2.24) is 10.6 Å². The number of carbonyl (C=O) groups is 6. The zero-order valence-electron chi connectivity index (χ0n) is 28.7. The number of benzene rings is 3. The Balaban J connectivity index is 0.00000290. The highest BCUT2D eigenvalue weighted by molar-refractivity contribution is 6.07. The number of rotatable bonds is 11. The summed E-state index contributed by atoms with van der Waals surface area (Å²) in [7, 11) is 0. The summed E-state index contributed by atoms with van der Waals surface area (Å²) in [4.78, 5) is 82.3. The number of anilines is 4. The number of morpholine rings is 2. The van der Waals surface area contributed by atoms with Crippen LogP contribution < -0.4 is 30.2 Å². The van der Waals surface area contributed by atoms with Gasteiger partial charge in [-0.1, -0.05) is 12.1 Å². The van der Waals surface area contributed by atoms with Crippen LogP contribution in [0.2, 0.25) is 0 Å². The van der Waals surface area contributed by atoms with E-state index >= 15 is 0 Å². The minimum absolute atomic E-state index is 0. The summed E-state index contributed by atoms with van der Waals surface area (Å²) in [6.45, 7) is 2.58. The van der Waals surface area contributed by atoms with Gasteiger partial charge in [-0.25, -0.2) is 9.59 Å². The van der Waals surface area contributed by atoms with Crippen LogP contribution in [0, 0.1) is 0 Å². The predicted molar refractivity (Wildman–Crippen MR) is 194 cm³/mol. The second-order valence-electron chi connectivity index (χ2n) is 12.8. The van der Waals surface area contributed by atoms with Gasteiger partial charge in [-0.3, -0.25) is 29.0 Å². The van der Waals surface area contributed by atoms with Gasteiger partial charge in [-0.15, -0.1) is 0 Å². The highest BCUT2D eigenvalue weighted by Gasteiger charge is 2.34. The SMILES string of the molecule is O=C(NCC[C@H]1CN(c2ccc(N3CCOCC3=O)cc2)C(=O)O1)c1ccccc1C(=O)NC[C@H]1CN(c2ccc(N3CCOCC3=O)cc2)C(=O)O1.[HH].[HH]. The van der Waals surface area contributed by atoms with Crippen molar-refractivity contribution in [3.8, 4) is 0 Å². The Morgan fingerprint density at radius 3 is 1.53 bits per heavy atom. The largest absolute Gasteiger partial charge is 0.444 e. The summed E-state index contributed by atoms with van der Waals surface area (Å²) >= 11 is 0. The maximum absolute atomic E-state index is 13.2. The Labute approximate surface area is 307 Å². The number of nitrogens with zero attached hydrogens (tertiary/aromatic N) is 4. The Hall–Kier alpha value is -6.00. The average Bonchev–Trinajstić information content (AvgIpc) is 3.75. The van der Waals surface area contributed by atoms with Crippen LogP contribution in [0.3, 0.4) is 0 Å². The lowest BCUT2D eigenvalue weighted by Crippen LogP contribution is -2.41. The topological polar surface area (TPSA) is 176 Å². The number of nitrogens with one attached hydrogen (secondary N) is 2. The number of hydrogen-bond donors (Lipinski definition) is 2. The average molecular weight is 731 g/mol. The fourth-order valence-corrected chi connectivity index (χ4v) is 6.55. The fraction of sp³-hybridized carbons (Fsp3) is 0.351. The fourth-order valence-electron chi connectivity index (χ4n) is 6.55. The molecule has 16 nitrogen and oxygen atoms in total. The molecule has 3 aromatic rings. The molecule has 0 bridgehead atoms. The van der Waals surface area contributed by atoms with Crippen molar-refractivity contribution in [2.24, 2.45) is 0 Å². The summed E-state index contributed by atoms with van der Waals surface area (Å²) in [6, 6.07) is 20.4. The lowest BCUT2D eigenvalue weighted by molar-refractivity contribution is -0.126. The monoisotopic (exact) mass is 730 g/mol. The lowest BCUT2D eigenvalue weighted by atomic mass is 10.1. The van der Waals surface area contributed by atoms with Gasteiger partial charge in [0.2, 0.25) is 0 Å². The summed E-state index contributed by atoms with van der Waals surface area (Å²) < 4.78 is 21.4. The van der Waals surface area contributed by atoms with Crippen LogP contribution in [0.5, 0.6) is 0 Å². The highest BCUT2D eigenvalue weighted by Crippen LogP contribution is 2.28. The van der Waals surface area contributed by atoms with E-state index in [0.717, 1.165) is 5.69 Å². The van der Waals surface area contributed by atoms with Crippen molar-refractivity contribution >= 4 is 58.6 Å². The van der Waals surface area contributed by atoms with Crippen molar-refractivity contribution in [2.45, 2.75) is 18.6 Å². The van der Waals surface area contributed by atoms with E-state index in [2.05, 4.69) is 10.6 Å². The maximum Gasteiger partial charge on any atom is 0.414 e. The molecule has 4 saturated heterocycles. The molecular weight excluding hydrogens is 688 g/mol. The number of ether oxygens (including phenoxy) is 4. The minimum Gasteiger partial charge on any atom is -0.444 e. The Bertz CT molecular complexity index is 1900. The summed E-state index contributed by atoms with van der Waals surface area (Å²) in [5.74, 6) is -1.23. The third-order valence-corrected chi connectivity index (χ3v) is 9.32. The predicted octanol–water partition coefficient (Wildman–Crippen LogP) is 2.81. The smallest absolute Gasteiger partial charge is 0.414 e. The van der Waals surface area contributed by atoms with E-state index in [1.54, 1.807) is 76.5 Å². The molecule has 16 heteroatoms. The second kappa shape index (κ2) is 15.7. The van der Waals surface area contributed by atoms with Gasteiger partial charge in [0.05, 0.1) is 44.0 Å². The van der Waals surface area contributed by atoms with Gasteiger partial charge in [0.15, 0.2) is 0 Å². The molecule has 0 saturated carbocycles. The summed E-state index contributed by atoms with van der Waals surface area (Å²) in [5, 5.41) is 5.58. The standard InChI is InChI=1S/C37H38N6O10.2H2/c44-32-22-50-17-15-40(32)24-5-9-26(10-6-24)42-20-28(52-36(42)48)13-14-38-34(46)30-3-1-2-4-31(30)35(47)39-19-29-21-43(37(49)53-29)27-11-7-25(8-12-27)41-16-18-51-23-33(41)45;;/h1-12,28-29H,13-23H2,(H,38,46)(H,39,47);2*1H/t28-,29-;;/m0../s1. The maximum atomic E-state index is 13.2. The van der Waals surface area contributed by atoms with Crippen molar-refractivity contribution in [1.29, 1.82) is 0 Å². The van der Waals surface area contributed by atoms with Crippen LogP contribution in [-0.2, 0) is 28.5 Å². The van der Waals surface area contributed by atoms with Crippen molar-refractivity contribution < 1.29 is 50.6 Å². The van der Waals surface area contributed by atoms with Gasteiger partial charge in [0, 0.05) is 51.7 Å². The molecule has 53 heavy (non-hydrogen) atoms. The molecule has 2 N–H and O–H groups in total. The molecule has 2 atom stereocenters. The molecule has 0 radical (unpaired) electrons. The highest BCUT2D eigenvalue weighted by atomic mass is 16.6. The molecule has 0 spiro atoms. The molecular formula is C37H42N6O10. The quantitative estimate of drug-likeness (QED) is 0.299. The first-order valence-electron chi connectivity index (χ1n) is 17.3. The van der Waals surface area contributed by atoms with Crippen LogP contribution in [0.25, 0.3) is 0 Å². The number of carbonyl (C=O) groups excluding carboxylic acids is 6. The number of hydrogen-bond acceptors (Lipinski definition) is 10. The van der Waals surface area contributed by atoms with Gasteiger partial charge in [-0.2, -0.15) is 0 Å². The zero-order chi connectivity index (χ0) is 36.9. The van der Waals surface area contributed by atoms with Gasteiger partial charge in [0.25, 0.3) is 23.6 Å². The van der Waals surface area contributed by atoms with Crippen molar-refractivity contribution in [3.05, 3.63) is 83.9 Å². The van der Waals surface area contributed by atoms with Crippen LogP contribution in [-0.4, -0.2) is 114 Å². The van der Waals surface area contributed by atoms with Crippen LogP contribution in [0.15, 0.2) is 72.8 Å². The first kappa shape index (κ1) is 35.4. The first-order valence-corrected chi connectivity index (χ1v) is 17.3. The number of amides is 6. The molecule has 0 aromatic heterocycles. The minimum atomic E-state index is -0.631.